The van der Waals surface area contributed by atoms with Gasteiger partial charge < -0.3 is 4.57 Å². The normalized spacial score (nSPS) is 11.1. The molecule has 5 aromatic rings. The minimum atomic E-state index is 0.788. The van der Waals surface area contributed by atoms with Gasteiger partial charge in [0.15, 0.2) is 5.01 Å². The minimum absolute atomic E-state index is 0.788. The van der Waals surface area contributed by atoms with Crippen LogP contribution in [0.2, 0.25) is 0 Å². The van der Waals surface area contributed by atoms with Crippen LogP contribution >= 0.6 is 11.3 Å². The second-order valence-electron chi connectivity index (χ2n) is 6.07. The molecule has 0 aromatic carbocycles. The molecular formula is C20H14N6S. The third-order valence-corrected chi connectivity index (χ3v) is 5.35. The van der Waals surface area contributed by atoms with Crippen LogP contribution in [0.25, 0.3) is 43.7 Å². The van der Waals surface area contributed by atoms with Crippen molar-refractivity contribution in [3.63, 3.8) is 0 Å². The van der Waals surface area contributed by atoms with Gasteiger partial charge in [0.2, 0.25) is 0 Å². The van der Waals surface area contributed by atoms with E-state index in [1.54, 1.807) is 18.6 Å². The average molecular weight is 370 g/mol. The predicted molar refractivity (Wildman–Crippen MR) is 106 cm³/mol. The summed E-state index contributed by atoms with van der Waals surface area (Å²) >= 11 is 1.51. The van der Waals surface area contributed by atoms with E-state index in [0.717, 1.165) is 43.7 Å². The summed E-state index contributed by atoms with van der Waals surface area (Å²) in [4.78, 5) is 13.4. The maximum Gasteiger partial charge on any atom is 0.166 e. The molecule has 0 aliphatic rings. The topological polar surface area (TPSA) is 69.4 Å². The molecule has 5 heterocycles. The van der Waals surface area contributed by atoms with E-state index in [2.05, 4.69) is 36.9 Å². The zero-order chi connectivity index (χ0) is 18.2. The van der Waals surface area contributed by atoms with Crippen molar-refractivity contribution in [1.29, 1.82) is 0 Å². The Morgan fingerprint density at radius 3 is 2.63 bits per heavy atom. The lowest BCUT2D eigenvalue weighted by atomic mass is 10.2. The Balaban J connectivity index is 1.58. The summed E-state index contributed by atoms with van der Waals surface area (Å²) in [6, 6.07) is 15.9. The smallest absolute Gasteiger partial charge is 0.166 e. The van der Waals surface area contributed by atoms with E-state index in [4.69, 9.17) is 4.98 Å². The first kappa shape index (κ1) is 15.8. The van der Waals surface area contributed by atoms with Crippen LogP contribution in [-0.2, 0) is 7.05 Å². The largest absolute Gasteiger partial charge is 0.327 e. The van der Waals surface area contributed by atoms with Crippen molar-refractivity contribution >= 4 is 22.4 Å². The Hall–Kier alpha value is -3.45. The van der Waals surface area contributed by atoms with Gasteiger partial charge in [-0.05, 0) is 42.5 Å². The van der Waals surface area contributed by atoms with Crippen LogP contribution in [-0.4, -0.2) is 29.7 Å². The highest BCUT2D eigenvalue weighted by molar-refractivity contribution is 7.17. The van der Waals surface area contributed by atoms with Crippen molar-refractivity contribution in [3.05, 3.63) is 67.1 Å². The first-order valence-electron chi connectivity index (χ1n) is 8.42. The molecule has 0 N–H and O–H groups in total. The summed E-state index contributed by atoms with van der Waals surface area (Å²) in [6.07, 6.45) is 5.33. The third-order valence-electron chi connectivity index (χ3n) is 4.36. The SMILES string of the molecule is Cn1c(-c2ccccn2)cc2ccc(-c3nnc(-c4cccnc4)s3)nc21. The van der Waals surface area contributed by atoms with Crippen LogP contribution in [0.5, 0.6) is 0 Å². The van der Waals surface area contributed by atoms with E-state index in [1.807, 2.05) is 43.4 Å². The fourth-order valence-corrected chi connectivity index (χ4v) is 3.81. The lowest BCUT2D eigenvalue weighted by Crippen LogP contribution is -1.95. The van der Waals surface area contributed by atoms with Gasteiger partial charge >= 0.3 is 0 Å². The van der Waals surface area contributed by atoms with Crippen molar-refractivity contribution in [2.24, 2.45) is 7.05 Å². The van der Waals surface area contributed by atoms with Gasteiger partial charge in [0.1, 0.15) is 16.3 Å². The van der Waals surface area contributed by atoms with Crippen LogP contribution in [0.4, 0.5) is 0 Å². The Morgan fingerprint density at radius 1 is 0.889 bits per heavy atom. The summed E-state index contributed by atoms with van der Waals surface area (Å²) in [5, 5.41) is 11.3. The number of fused-ring (bicyclic) bond motifs is 1. The van der Waals surface area contributed by atoms with Crippen LogP contribution < -0.4 is 0 Å². The fraction of sp³-hybridized carbons (Fsp3) is 0.0500. The first-order chi connectivity index (χ1) is 13.3. The van der Waals surface area contributed by atoms with E-state index in [9.17, 15) is 0 Å². The van der Waals surface area contributed by atoms with Crippen LogP contribution in [0, 0.1) is 0 Å². The number of nitrogens with zero attached hydrogens (tertiary/aromatic N) is 6. The highest BCUT2D eigenvalue weighted by Crippen LogP contribution is 2.31. The monoisotopic (exact) mass is 370 g/mol. The summed E-state index contributed by atoms with van der Waals surface area (Å²) in [6.45, 7) is 0. The van der Waals surface area contributed by atoms with Crippen molar-refractivity contribution < 1.29 is 0 Å². The molecule has 0 fully saturated rings. The van der Waals surface area contributed by atoms with Crippen LogP contribution in [0.3, 0.4) is 0 Å². The zero-order valence-corrected chi connectivity index (χ0v) is 15.3. The number of aromatic nitrogens is 6. The standard InChI is InChI=1S/C20H14N6S/c1-26-17(15-6-2-3-10-22-15)11-13-7-8-16(23-18(13)26)20-25-24-19(27-20)14-5-4-9-21-12-14/h2-12H,1H3. The number of pyridine rings is 3. The average Bonchev–Trinajstić information content (AvgIpc) is 3.35. The van der Waals surface area contributed by atoms with E-state index in [-0.39, 0.29) is 0 Å². The molecule has 0 saturated carbocycles. The molecule has 0 radical (unpaired) electrons. The molecule has 7 heteroatoms. The zero-order valence-electron chi connectivity index (χ0n) is 14.4. The molecule has 0 spiro atoms. The quantitative estimate of drug-likeness (QED) is 0.476. The van der Waals surface area contributed by atoms with Crippen LogP contribution in [0.1, 0.15) is 0 Å². The summed E-state index contributed by atoms with van der Waals surface area (Å²) in [5.41, 5.74) is 4.62. The second-order valence-corrected chi connectivity index (χ2v) is 7.04. The van der Waals surface area contributed by atoms with E-state index < -0.39 is 0 Å². The predicted octanol–water partition coefficient (Wildman–Crippen LogP) is 4.22. The summed E-state index contributed by atoms with van der Waals surface area (Å²) in [5.74, 6) is 0. The van der Waals surface area contributed by atoms with Gasteiger partial charge in [-0.2, -0.15) is 0 Å². The van der Waals surface area contributed by atoms with Gasteiger partial charge in [-0.25, -0.2) is 4.98 Å². The molecule has 0 saturated heterocycles. The van der Waals surface area contributed by atoms with Gasteiger partial charge in [-0.1, -0.05) is 17.4 Å². The van der Waals surface area contributed by atoms with E-state index in [1.165, 1.54) is 11.3 Å². The molecule has 0 aliphatic carbocycles. The molecular weight excluding hydrogens is 356 g/mol. The molecule has 5 rings (SSSR count). The number of rotatable bonds is 3. The molecule has 0 amide bonds. The van der Waals surface area contributed by atoms with E-state index in [0.29, 0.717) is 0 Å². The molecule has 5 aromatic heterocycles. The molecule has 0 unspecified atom stereocenters. The molecule has 27 heavy (non-hydrogen) atoms. The second kappa shape index (κ2) is 6.37. The lowest BCUT2D eigenvalue weighted by molar-refractivity contribution is 0.950. The number of hydrogen-bond acceptors (Lipinski definition) is 6. The maximum absolute atomic E-state index is 4.83. The third kappa shape index (κ3) is 2.78. The van der Waals surface area contributed by atoms with Gasteiger partial charge in [-0.15, -0.1) is 10.2 Å². The highest BCUT2D eigenvalue weighted by Gasteiger charge is 2.14. The van der Waals surface area contributed by atoms with Crippen molar-refractivity contribution in [3.8, 4) is 32.7 Å². The molecule has 6 nitrogen and oxygen atoms in total. The molecule has 130 valence electrons. The molecule has 0 bridgehead atoms. The molecule has 0 atom stereocenters. The van der Waals surface area contributed by atoms with Gasteiger partial charge in [0.25, 0.3) is 0 Å². The Morgan fingerprint density at radius 2 is 1.81 bits per heavy atom. The summed E-state index contributed by atoms with van der Waals surface area (Å²) < 4.78 is 2.06. The van der Waals surface area contributed by atoms with Gasteiger partial charge in [-0.3, -0.25) is 9.97 Å². The number of hydrogen-bond donors (Lipinski definition) is 0. The van der Waals surface area contributed by atoms with Gasteiger partial charge in [0.05, 0.1) is 11.4 Å². The maximum atomic E-state index is 4.83. The minimum Gasteiger partial charge on any atom is -0.327 e. The number of aryl methyl sites for hydroxylation is 1. The van der Waals surface area contributed by atoms with Crippen molar-refractivity contribution in [1.82, 2.24) is 29.7 Å². The highest BCUT2D eigenvalue weighted by atomic mass is 32.1. The van der Waals surface area contributed by atoms with E-state index >= 15 is 0 Å². The van der Waals surface area contributed by atoms with Gasteiger partial charge in [0, 0.05) is 36.6 Å². The fourth-order valence-electron chi connectivity index (χ4n) is 3.01. The van der Waals surface area contributed by atoms with Crippen molar-refractivity contribution in [2.45, 2.75) is 0 Å². The first-order valence-corrected chi connectivity index (χ1v) is 9.23. The Labute approximate surface area is 159 Å². The molecule has 0 aliphatic heterocycles. The summed E-state index contributed by atoms with van der Waals surface area (Å²) in [7, 11) is 2.00. The van der Waals surface area contributed by atoms with Crippen molar-refractivity contribution in [2.75, 3.05) is 0 Å². The lowest BCUT2D eigenvalue weighted by Gasteiger charge is -2.03. The Kier molecular flexibility index (Phi) is 3.72. The Bertz CT molecular complexity index is 1230. The van der Waals surface area contributed by atoms with Crippen LogP contribution in [0.15, 0.2) is 67.1 Å².